The summed E-state index contributed by atoms with van der Waals surface area (Å²) in [5.74, 6) is 1.28. The number of benzene rings is 3. The number of rotatable bonds is 22. The molecular formula is C38H51N5O5S. The Hall–Kier alpha value is -4.38. The Bertz CT molecular complexity index is 1680. The van der Waals surface area contributed by atoms with Crippen LogP contribution in [0.3, 0.4) is 0 Å². The molecule has 4 rings (SSSR count). The smallest absolute Gasteiger partial charge is 0.230 e. The second kappa shape index (κ2) is 20.2. The molecule has 0 aliphatic heterocycles. The number of fused-ring (bicyclic) bond motifs is 1. The third-order valence-electron chi connectivity index (χ3n) is 8.41. The van der Waals surface area contributed by atoms with Crippen LogP contribution in [-0.4, -0.2) is 38.5 Å². The van der Waals surface area contributed by atoms with Gasteiger partial charge in [-0.2, -0.15) is 0 Å². The van der Waals surface area contributed by atoms with Crippen LogP contribution < -0.4 is 24.4 Å². The van der Waals surface area contributed by atoms with Crippen molar-refractivity contribution in [1.29, 1.82) is 0 Å². The highest BCUT2D eigenvalue weighted by Gasteiger charge is 2.21. The third kappa shape index (κ3) is 11.9. The first-order valence-corrected chi connectivity index (χ1v) is 18.7. The first-order valence-electron chi connectivity index (χ1n) is 17.5. The van der Waals surface area contributed by atoms with Gasteiger partial charge in [-0.3, -0.25) is 4.79 Å². The van der Waals surface area contributed by atoms with Gasteiger partial charge in [-0.15, -0.1) is 0 Å². The first kappa shape index (κ1) is 37.4. The predicted molar refractivity (Wildman–Crippen MR) is 200 cm³/mol. The van der Waals surface area contributed by atoms with Crippen LogP contribution >= 0.6 is 0 Å². The third-order valence-corrected chi connectivity index (χ3v) is 9.16. The molecule has 0 aliphatic rings. The van der Waals surface area contributed by atoms with Gasteiger partial charge in [0.15, 0.2) is 11.6 Å². The zero-order valence-corrected chi connectivity index (χ0v) is 30.0. The number of nitrogens with zero attached hydrogens (tertiary/aromatic N) is 3. The lowest BCUT2D eigenvalue weighted by Gasteiger charge is -2.21. The van der Waals surface area contributed by atoms with E-state index in [2.05, 4.69) is 17.6 Å². The number of para-hydroxylation sites is 2. The molecule has 0 spiro atoms. The van der Waals surface area contributed by atoms with Gasteiger partial charge in [-0.1, -0.05) is 102 Å². The van der Waals surface area contributed by atoms with E-state index in [1.54, 1.807) is 68.8 Å². The van der Waals surface area contributed by atoms with Gasteiger partial charge in [-0.25, -0.2) is 22.7 Å². The second-order valence-electron chi connectivity index (χ2n) is 12.3. The lowest BCUT2D eigenvalue weighted by Crippen LogP contribution is -2.19. The Morgan fingerprint density at radius 1 is 0.694 bits per heavy atom. The molecule has 0 saturated carbocycles. The molecule has 11 heteroatoms. The molecule has 10 nitrogen and oxygen atoms in total. The highest BCUT2D eigenvalue weighted by Crippen LogP contribution is 2.36. The number of anilines is 5. The molecule has 0 radical (unpaired) electrons. The number of carbonyl (C=O) groups excluding carboxylic acids is 1. The SMILES string of the molecule is CCCCCCCCCCCCCCCC(=O)Nc1cccc(N(c2nc3ccccc3nc2Nc2cc(OC)cc(OC)c2)[SH](=O)=O)c1. The highest BCUT2D eigenvalue weighted by atomic mass is 32.2. The highest BCUT2D eigenvalue weighted by molar-refractivity contribution is 7.74. The van der Waals surface area contributed by atoms with Crippen LogP contribution in [-0.2, 0) is 15.7 Å². The van der Waals surface area contributed by atoms with Gasteiger partial charge >= 0.3 is 0 Å². The molecule has 0 unspecified atom stereocenters. The van der Waals surface area contributed by atoms with E-state index < -0.39 is 10.9 Å². The second-order valence-corrected chi connectivity index (χ2v) is 13.1. The summed E-state index contributed by atoms with van der Waals surface area (Å²) in [7, 11) is -0.109. The minimum atomic E-state index is -3.21. The number of thiol groups is 1. The van der Waals surface area contributed by atoms with Crippen LogP contribution in [0, 0.1) is 0 Å². The van der Waals surface area contributed by atoms with Crippen LogP contribution in [0.15, 0.2) is 66.7 Å². The lowest BCUT2D eigenvalue weighted by molar-refractivity contribution is -0.116. The van der Waals surface area contributed by atoms with E-state index in [9.17, 15) is 13.2 Å². The van der Waals surface area contributed by atoms with Gasteiger partial charge < -0.3 is 20.1 Å². The number of methoxy groups -OCH3 is 2. The number of amides is 1. The average Bonchev–Trinajstić information content (AvgIpc) is 3.10. The Morgan fingerprint density at radius 2 is 1.27 bits per heavy atom. The molecule has 49 heavy (non-hydrogen) atoms. The zero-order valence-electron chi connectivity index (χ0n) is 29.1. The van der Waals surface area contributed by atoms with Crippen molar-refractivity contribution >= 4 is 56.5 Å². The van der Waals surface area contributed by atoms with E-state index in [0.717, 1.165) is 23.6 Å². The van der Waals surface area contributed by atoms with Crippen LogP contribution in [0.2, 0.25) is 0 Å². The maximum absolute atomic E-state index is 12.9. The van der Waals surface area contributed by atoms with E-state index in [1.165, 1.54) is 64.2 Å². The molecule has 0 aliphatic carbocycles. The van der Waals surface area contributed by atoms with Crippen LogP contribution in [0.5, 0.6) is 11.5 Å². The van der Waals surface area contributed by atoms with Crippen molar-refractivity contribution in [3.05, 3.63) is 66.7 Å². The standard InChI is InChI=1S/C38H51N5O5S/c1-4-5-6-7-8-9-10-11-12-13-14-15-16-24-36(44)39-29-20-19-21-31(25-29)43(49(45)46)38-37(41-34-22-17-18-23-35(34)42-38)40-30-26-32(47-2)28-33(27-30)48-3/h17-23,25-28,49H,4-16,24H2,1-3H3,(H,39,44)(H,40,41). The number of hydrogen-bond acceptors (Lipinski definition) is 8. The van der Waals surface area contributed by atoms with Crippen molar-refractivity contribution < 1.29 is 22.7 Å². The summed E-state index contributed by atoms with van der Waals surface area (Å²) in [4.78, 5) is 22.3. The fourth-order valence-corrected chi connectivity index (χ4v) is 6.38. The maximum Gasteiger partial charge on any atom is 0.230 e. The molecule has 1 amide bonds. The number of aromatic nitrogens is 2. The van der Waals surface area contributed by atoms with Crippen molar-refractivity contribution in [3.8, 4) is 11.5 Å². The summed E-state index contributed by atoms with van der Waals surface area (Å²) in [5, 5.41) is 6.15. The number of carbonyl (C=O) groups is 1. The molecule has 2 N–H and O–H groups in total. The van der Waals surface area contributed by atoms with Crippen molar-refractivity contribution in [3.63, 3.8) is 0 Å². The van der Waals surface area contributed by atoms with Crippen LogP contribution in [0.25, 0.3) is 11.0 Å². The Morgan fingerprint density at radius 3 is 1.84 bits per heavy atom. The predicted octanol–water partition coefficient (Wildman–Crippen LogP) is 9.47. The molecule has 1 aromatic heterocycles. The van der Waals surface area contributed by atoms with E-state index in [0.29, 0.717) is 46.0 Å². The minimum Gasteiger partial charge on any atom is -0.497 e. The molecule has 3 aromatic carbocycles. The lowest BCUT2D eigenvalue weighted by atomic mass is 10.0. The summed E-state index contributed by atoms with van der Waals surface area (Å²) in [5.41, 5.74) is 2.48. The molecule has 264 valence electrons. The summed E-state index contributed by atoms with van der Waals surface area (Å²) >= 11 is 0. The van der Waals surface area contributed by atoms with Gasteiger partial charge in [0.1, 0.15) is 11.5 Å². The molecule has 4 aromatic rings. The van der Waals surface area contributed by atoms with Gasteiger partial charge in [0, 0.05) is 36.0 Å². The number of hydrogen-bond donors (Lipinski definition) is 3. The molecule has 0 atom stereocenters. The van der Waals surface area contributed by atoms with Gasteiger partial charge in [0.2, 0.25) is 16.8 Å². The Labute approximate surface area is 292 Å². The van der Waals surface area contributed by atoms with Crippen LogP contribution in [0.1, 0.15) is 96.8 Å². The Balaban J connectivity index is 1.39. The number of ether oxygens (including phenoxy) is 2. The van der Waals surface area contributed by atoms with Crippen LogP contribution in [0.4, 0.5) is 28.7 Å². The van der Waals surface area contributed by atoms with Crippen molar-refractivity contribution in [2.75, 3.05) is 29.2 Å². The minimum absolute atomic E-state index is 0.0760. The fraction of sp³-hybridized carbons (Fsp3) is 0.447. The maximum atomic E-state index is 12.9. The van der Waals surface area contributed by atoms with Gasteiger partial charge in [-0.05, 0) is 36.8 Å². The van der Waals surface area contributed by atoms with Gasteiger partial charge in [0.05, 0.1) is 30.9 Å². The monoisotopic (exact) mass is 689 g/mol. The summed E-state index contributed by atoms with van der Waals surface area (Å²) in [6.07, 6.45) is 16.6. The van der Waals surface area contributed by atoms with Crippen molar-refractivity contribution in [2.45, 2.75) is 96.8 Å². The van der Waals surface area contributed by atoms with Crippen molar-refractivity contribution in [1.82, 2.24) is 9.97 Å². The quantitative estimate of drug-likeness (QED) is 0.0551. The first-order chi connectivity index (χ1) is 23.9. The fourth-order valence-electron chi connectivity index (χ4n) is 5.77. The van der Waals surface area contributed by atoms with E-state index in [-0.39, 0.29) is 17.5 Å². The molecule has 0 fully saturated rings. The topological polar surface area (TPSA) is 123 Å². The molecular weight excluding hydrogens is 639 g/mol. The van der Waals surface area contributed by atoms with E-state index >= 15 is 0 Å². The summed E-state index contributed by atoms with van der Waals surface area (Å²) in [6, 6.07) is 19.2. The van der Waals surface area contributed by atoms with E-state index in [4.69, 9.17) is 19.4 Å². The van der Waals surface area contributed by atoms with Gasteiger partial charge in [0.25, 0.3) is 0 Å². The number of nitrogens with one attached hydrogen (secondary N) is 2. The summed E-state index contributed by atoms with van der Waals surface area (Å²) in [6.45, 7) is 2.25. The molecule has 1 heterocycles. The Kier molecular flexibility index (Phi) is 15.4. The van der Waals surface area contributed by atoms with E-state index in [1.807, 2.05) is 12.1 Å². The number of unbranched alkanes of at least 4 members (excludes halogenated alkanes) is 12. The largest absolute Gasteiger partial charge is 0.497 e. The van der Waals surface area contributed by atoms with Crippen molar-refractivity contribution in [2.24, 2.45) is 0 Å². The molecule has 0 bridgehead atoms. The average molecular weight is 690 g/mol. The summed E-state index contributed by atoms with van der Waals surface area (Å²) < 4.78 is 37.6. The molecule has 0 saturated heterocycles. The normalized spacial score (nSPS) is 11.1. The zero-order chi connectivity index (χ0) is 34.8.